The fourth-order valence-electron chi connectivity index (χ4n) is 2.43. The molecule has 2 N–H and O–H groups in total. The van der Waals surface area contributed by atoms with Crippen LogP contribution in [0.3, 0.4) is 0 Å². The van der Waals surface area contributed by atoms with Crippen LogP contribution in [0.1, 0.15) is 51.9 Å². The summed E-state index contributed by atoms with van der Waals surface area (Å²) in [5.74, 6) is -0.488. The molecule has 0 saturated heterocycles. The third-order valence-electron chi connectivity index (χ3n) is 3.15. The van der Waals surface area contributed by atoms with Crippen molar-refractivity contribution in [1.29, 1.82) is 0 Å². The summed E-state index contributed by atoms with van der Waals surface area (Å²) in [6.07, 6.45) is 0. The van der Waals surface area contributed by atoms with Crippen LogP contribution >= 0.6 is 10.4 Å². The zero-order valence-corrected chi connectivity index (χ0v) is 13.4. The van der Waals surface area contributed by atoms with Crippen molar-refractivity contribution in [2.45, 2.75) is 55.9 Å². The predicted molar refractivity (Wildman–Crippen MR) is 81.4 cm³/mol. The summed E-state index contributed by atoms with van der Waals surface area (Å²) in [5, 5.41) is 0. The highest BCUT2D eigenvalue weighted by molar-refractivity contribution is 8.31. The van der Waals surface area contributed by atoms with Gasteiger partial charge in [0.25, 0.3) is 0 Å². The Bertz CT molecular complexity index is 454. The molecule has 1 rings (SSSR count). The maximum atomic E-state index is 15.8. The van der Waals surface area contributed by atoms with Crippen molar-refractivity contribution < 1.29 is 8.68 Å². The maximum absolute atomic E-state index is 15.8. The zero-order chi connectivity index (χ0) is 15.1. The normalized spacial score (nSPS) is 14.3. The van der Waals surface area contributed by atoms with E-state index < -0.39 is 25.8 Å². The molecule has 0 aliphatic heterocycles. The van der Waals surface area contributed by atoms with E-state index in [1.807, 2.05) is 41.5 Å². The lowest BCUT2D eigenvalue weighted by Crippen LogP contribution is -2.35. The van der Waals surface area contributed by atoms with E-state index in [1.165, 1.54) is 0 Å². The minimum absolute atomic E-state index is 0.410. The van der Waals surface area contributed by atoms with Crippen LogP contribution in [0.25, 0.3) is 0 Å². The van der Waals surface area contributed by atoms with Crippen LogP contribution in [0.2, 0.25) is 0 Å². The van der Waals surface area contributed by atoms with Gasteiger partial charge in [-0.1, -0.05) is 10.4 Å². The van der Waals surface area contributed by atoms with Crippen molar-refractivity contribution in [2.75, 3.05) is 0 Å². The van der Waals surface area contributed by atoms with Gasteiger partial charge in [-0.3, -0.25) is 4.79 Å². The molecule has 0 aliphatic rings. The molecule has 0 aliphatic carbocycles. The number of carbonyl (C=O) groups is 1. The third kappa shape index (κ3) is 2.78. The molecule has 108 valence electrons. The molecule has 1 aromatic carbocycles. The Kier molecular flexibility index (Phi) is 4.06. The number of primary amides is 1. The number of amides is 1. The largest absolute Gasteiger partial charge is 0.366 e. The summed E-state index contributed by atoms with van der Waals surface area (Å²) in [4.78, 5) is 11.8. The molecule has 4 heteroatoms. The van der Waals surface area contributed by atoms with Crippen LogP contribution in [-0.4, -0.2) is 15.4 Å². The first-order valence-electron chi connectivity index (χ1n) is 6.33. The zero-order valence-electron chi connectivity index (χ0n) is 12.6. The van der Waals surface area contributed by atoms with E-state index in [-0.39, 0.29) is 0 Å². The van der Waals surface area contributed by atoms with E-state index in [9.17, 15) is 4.79 Å². The van der Waals surface area contributed by atoms with Gasteiger partial charge in [-0.05, 0) is 65.8 Å². The number of nitrogens with two attached hydrogens (primary N) is 1. The Hall–Kier alpha value is -1.03. The second-order valence-corrected chi connectivity index (χ2v) is 10.6. The Labute approximate surface area is 117 Å². The minimum Gasteiger partial charge on any atom is -0.366 e. The molecular formula is C15H24FNOS. The Morgan fingerprint density at radius 3 is 1.63 bits per heavy atom. The monoisotopic (exact) mass is 285 g/mol. The van der Waals surface area contributed by atoms with Gasteiger partial charge in [0.2, 0.25) is 5.91 Å². The highest BCUT2D eigenvalue weighted by Crippen LogP contribution is 2.73. The minimum atomic E-state index is -2.54. The van der Waals surface area contributed by atoms with Crippen LogP contribution in [0.15, 0.2) is 29.2 Å². The Morgan fingerprint density at radius 1 is 1.00 bits per heavy atom. The van der Waals surface area contributed by atoms with Gasteiger partial charge in [-0.2, -0.15) is 3.89 Å². The van der Waals surface area contributed by atoms with E-state index in [0.29, 0.717) is 10.5 Å². The number of halogens is 1. The molecule has 1 aromatic rings. The van der Waals surface area contributed by atoms with Crippen molar-refractivity contribution in [2.24, 2.45) is 5.73 Å². The van der Waals surface area contributed by atoms with Gasteiger partial charge in [-0.15, -0.1) is 0 Å². The van der Waals surface area contributed by atoms with Crippen LogP contribution in [0.4, 0.5) is 3.89 Å². The lowest BCUT2D eigenvalue weighted by molar-refractivity contribution is 0.1000. The fraction of sp³-hybridized carbons (Fsp3) is 0.533. The quantitative estimate of drug-likeness (QED) is 0.858. The summed E-state index contributed by atoms with van der Waals surface area (Å²) in [6, 6.07) is 6.62. The molecule has 0 unspecified atom stereocenters. The smallest absolute Gasteiger partial charge is 0.248 e. The van der Waals surface area contributed by atoms with Gasteiger partial charge in [0.1, 0.15) is 0 Å². The van der Waals surface area contributed by atoms with Crippen molar-refractivity contribution >= 4 is 16.3 Å². The first-order chi connectivity index (χ1) is 8.41. The van der Waals surface area contributed by atoms with Crippen molar-refractivity contribution in [1.82, 2.24) is 0 Å². The number of carbonyl (C=O) groups excluding carboxylic acids is 1. The molecule has 19 heavy (non-hydrogen) atoms. The van der Waals surface area contributed by atoms with Gasteiger partial charge in [0, 0.05) is 20.0 Å². The summed E-state index contributed by atoms with van der Waals surface area (Å²) in [5.41, 5.74) is 5.63. The molecule has 0 radical (unpaired) electrons. The van der Waals surface area contributed by atoms with Crippen LogP contribution in [-0.2, 0) is 0 Å². The average molecular weight is 285 g/mol. The third-order valence-corrected chi connectivity index (χ3v) is 7.45. The van der Waals surface area contributed by atoms with Crippen molar-refractivity contribution in [3.8, 4) is 0 Å². The second kappa shape index (κ2) is 4.82. The van der Waals surface area contributed by atoms with Gasteiger partial charge < -0.3 is 5.73 Å². The highest BCUT2D eigenvalue weighted by Gasteiger charge is 2.47. The fourth-order valence-corrected chi connectivity index (χ4v) is 6.19. The molecule has 0 bridgehead atoms. The molecule has 0 fully saturated rings. The number of rotatable bonds is 2. The van der Waals surface area contributed by atoms with Crippen molar-refractivity contribution in [3.63, 3.8) is 0 Å². The predicted octanol–water partition coefficient (Wildman–Crippen LogP) is 4.43. The van der Waals surface area contributed by atoms with Gasteiger partial charge in [0.15, 0.2) is 0 Å². The van der Waals surface area contributed by atoms with E-state index in [1.54, 1.807) is 24.3 Å². The first kappa shape index (κ1) is 16.0. The van der Waals surface area contributed by atoms with Crippen LogP contribution in [0, 0.1) is 0 Å². The summed E-state index contributed by atoms with van der Waals surface area (Å²) in [7, 11) is -2.54. The topological polar surface area (TPSA) is 43.1 Å². The van der Waals surface area contributed by atoms with E-state index in [0.717, 1.165) is 0 Å². The Morgan fingerprint density at radius 2 is 1.37 bits per heavy atom. The van der Waals surface area contributed by atoms with E-state index >= 15 is 3.89 Å². The average Bonchev–Trinajstić information content (AvgIpc) is 2.25. The van der Waals surface area contributed by atoms with Gasteiger partial charge in [0.05, 0.1) is 0 Å². The van der Waals surface area contributed by atoms with Crippen LogP contribution < -0.4 is 5.73 Å². The summed E-state index contributed by atoms with van der Waals surface area (Å²) in [6.45, 7) is 11.6. The molecule has 0 heterocycles. The summed E-state index contributed by atoms with van der Waals surface area (Å²) >= 11 is 0. The van der Waals surface area contributed by atoms with Crippen LogP contribution in [0.5, 0.6) is 0 Å². The van der Waals surface area contributed by atoms with E-state index in [4.69, 9.17) is 5.73 Å². The number of hydrogen-bond acceptors (Lipinski definition) is 1. The molecule has 0 aromatic heterocycles. The molecule has 0 spiro atoms. The van der Waals surface area contributed by atoms with Gasteiger partial charge >= 0.3 is 0 Å². The molecule has 0 atom stereocenters. The second-order valence-electron chi connectivity index (χ2n) is 6.65. The van der Waals surface area contributed by atoms with Crippen molar-refractivity contribution in [3.05, 3.63) is 29.8 Å². The number of benzene rings is 1. The standard InChI is InChI=1S/C15H24FNOS/c1-14(2,3)19(16,15(4,5)6)12-9-7-11(8-10-12)13(17)18/h7-10H,1-6H3,(H2,17,18). The lowest BCUT2D eigenvalue weighted by Gasteiger charge is -2.52. The Balaban J connectivity index is 3.40. The van der Waals surface area contributed by atoms with Gasteiger partial charge in [-0.25, -0.2) is 0 Å². The maximum Gasteiger partial charge on any atom is 0.248 e. The molecule has 1 amide bonds. The number of hydrogen-bond donors (Lipinski definition) is 1. The lowest BCUT2D eigenvalue weighted by atomic mass is 10.2. The molecular weight excluding hydrogens is 261 g/mol. The molecule has 2 nitrogen and oxygen atoms in total. The van der Waals surface area contributed by atoms with E-state index in [2.05, 4.69) is 0 Å². The highest BCUT2D eigenvalue weighted by atomic mass is 32.3. The SMILES string of the molecule is CC(C)(C)S(F)(c1ccc(C(N)=O)cc1)C(C)(C)C. The molecule has 0 saturated carbocycles. The first-order valence-corrected chi connectivity index (χ1v) is 7.86. The summed E-state index contributed by atoms with van der Waals surface area (Å²) < 4.78 is 14.9.